The van der Waals surface area contributed by atoms with Gasteiger partial charge in [0, 0.05) is 30.3 Å². The molecule has 2 amide bonds. The maximum absolute atomic E-state index is 13.7. The molecule has 14 heteroatoms. The SMILES string of the molecule is CC(=O)OC(CCCC(N)=O)(NC(=O)c1ccc(-c2cccc(NC(=N)N)c2)s1)NS(=O)(=O)c1c(C)cc(C)cc1C. The number of hydrogen-bond acceptors (Lipinski definition) is 8. The highest BCUT2D eigenvalue weighted by molar-refractivity contribution is 7.89. The van der Waals surface area contributed by atoms with Crippen molar-refractivity contribution in [2.45, 2.75) is 57.7 Å². The van der Waals surface area contributed by atoms with Crippen LogP contribution >= 0.6 is 11.3 Å². The van der Waals surface area contributed by atoms with E-state index < -0.39 is 33.7 Å². The average molecular weight is 615 g/mol. The topological polar surface area (TPSA) is 207 Å². The first kappa shape index (κ1) is 32.2. The van der Waals surface area contributed by atoms with Gasteiger partial charge in [0.1, 0.15) is 0 Å². The number of nitrogens with one attached hydrogen (secondary N) is 4. The van der Waals surface area contributed by atoms with Gasteiger partial charge in [-0.1, -0.05) is 29.8 Å². The largest absolute Gasteiger partial charge is 0.424 e. The van der Waals surface area contributed by atoms with E-state index in [2.05, 4.69) is 15.4 Å². The first-order valence-corrected chi connectivity index (χ1v) is 15.1. The van der Waals surface area contributed by atoms with Crippen LogP contribution in [0, 0.1) is 26.2 Å². The van der Waals surface area contributed by atoms with Crippen molar-refractivity contribution in [2.24, 2.45) is 11.5 Å². The summed E-state index contributed by atoms with van der Waals surface area (Å²) in [4.78, 5) is 38.1. The fraction of sp³-hybridized carbons (Fsp3) is 0.286. The second kappa shape index (κ2) is 13.1. The molecule has 1 heterocycles. The van der Waals surface area contributed by atoms with Crippen LogP contribution in [-0.4, -0.2) is 38.0 Å². The molecule has 0 bridgehead atoms. The number of carbonyl (C=O) groups is 3. The lowest BCUT2D eigenvalue weighted by atomic mass is 10.1. The number of thiophene rings is 1. The number of guanidine groups is 1. The maximum Gasteiger partial charge on any atom is 0.305 e. The van der Waals surface area contributed by atoms with Gasteiger partial charge in [-0.15, -0.1) is 11.3 Å². The number of sulfonamides is 1. The van der Waals surface area contributed by atoms with E-state index in [0.29, 0.717) is 21.7 Å². The summed E-state index contributed by atoms with van der Waals surface area (Å²) in [5.41, 5.74) is 13.8. The van der Waals surface area contributed by atoms with Gasteiger partial charge >= 0.3 is 5.97 Å². The quantitative estimate of drug-likeness (QED) is 0.0771. The first-order valence-electron chi connectivity index (χ1n) is 12.8. The van der Waals surface area contributed by atoms with Crippen LogP contribution in [0.3, 0.4) is 0 Å². The van der Waals surface area contributed by atoms with Gasteiger partial charge in [0.15, 0.2) is 5.96 Å². The van der Waals surface area contributed by atoms with Gasteiger partial charge in [0.05, 0.1) is 9.77 Å². The van der Waals surface area contributed by atoms with E-state index in [0.717, 1.165) is 29.4 Å². The van der Waals surface area contributed by atoms with E-state index in [1.165, 1.54) is 0 Å². The number of esters is 1. The Hall–Kier alpha value is -4.27. The van der Waals surface area contributed by atoms with Crippen molar-refractivity contribution in [3.05, 3.63) is 70.1 Å². The van der Waals surface area contributed by atoms with Gasteiger partial charge in [-0.2, -0.15) is 4.72 Å². The number of amides is 2. The molecule has 3 rings (SSSR count). The molecule has 0 fully saturated rings. The van der Waals surface area contributed by atoms with Crippen LogP contribution in [0.5, 0.6) is 0 Å². The number of carbonyl (C=O) groups excluding carboxylic acids is 3. The lowest BCUT2D eigenvalue weighted by Gasteiger charge is -2.34. The number of benzene rings is 2. The van der Waals surface area contributed by atoms with Gasteiger partial charge in [-0.05, 0) is 68.1 Å². The highest BCUT2D eigenvalue weighted by Gasteiger charge is 2.41. The van der Waals surface area contributed by atoms with E-state index >= 15 is 0 Å². The van der Waals surface area contributed by atoms with Crippen molar-refractivity contribution in [3.8, 4) is 10.4 Å². The number of hydrogen-bond donors (Lipinski definition) is 6. The number of primary amides is 1. The van der Waals surface area contributed by atoms with Gasteiger partial charge in [0.2, 0.25) is 15.9 Å². The molecular weight excluding hydrogens is 580 g/mol. The number of anilines is 1. The van der Waals surface area contributed by atoms with E-state index in [-0.39, 0.29) is 35.0 Å². The summed E-state index contributed by atoms with van der Waals surface area (Å²) in [6.45, 7) is 6.20. The molecule has 0 radical (unpaired) electrons. The number of rotatable bonds is 12. The monoisotopic (exact) mass is 614 g/mol. The molecular formula is C28H34N6O6S2. The van der Waals surface area contributed by atoms with Gasteiger partial charge in [-0.3, -0.25) is 25.1 Å². The summed E-state index contributed by atoms with van der Waals surface area (Å²) < 4.78 is 35.3. The van der Waals surface area contributed by atoms with Crippen molar-refractivity contribution in [3.63, 3.8) is 0 Å². The number of nitrogens with two attached hydrogens (primary N) is 2. The summed E-state index contributed by atoms with van der Waals surface area (Å²) in [6, 6.07) is 13.7. The Morgan fingerprint density at radius 3 is 2.29 bits per heavy atom. The zero-order chi connectivity index (χ0) is 31.2. The van der Waals surface area contributed by atoms with Gasteiger partial charge in [0.25, 0.3) is 11.8 Å². The molecule has 0 spiro atoms. The molecule has 1 atom stereocenters. The molecule has 2 aromatic carbocycles. The Bertz CT molecular complexity index is 1610. The molecule has 1 aromatic heterocycles. The Morgan fingerprint density at radius 2 is 1.69 bits per heavy atom. The molecule has 0 aliphatic heterocycles. The summed E-state index contributed by atoms with van der Waals surface area (Å²) in [5, 5.41) is 12.7. The third-order valence-corrected chi connectivity index (χ3v) is 8.93. The summed E-state index contributed by atoms with van der Waals surface area (Å²) in [6.07, 6.45) is -0.415. The van der Waals surface area contributed by atoms with Crippen LogP contribution in [0.1, 0.15) is 52.5 Å². The van der Waals surface area contributed by atoms with Crippen LogP contribution in [-0.2, 0) is 24.3 Å². The van der Waals surface area contributed by atoms with E-state index in [9.17, 15) is 22.8 Å². The number of ether oxygens (including phenoxy) is 1. The van der Waals surface area contributed by atoms with Crippen molar-refractivity contribution in [2.75, 3.05) is 5.32 Å². The second-order valence-electron chi connectivity index (χ2n) is 9.81. The standard InChI is InChI=1S/C28H34N6O6S2/c1-16-13-17(2)25(18(3)14-16)42(38,39)34-28(40-19(4)35,12-6-9-24(29)36)33-26(37)23-11-10-22(41-23)20-7-5-8-21(15-20)32-27(30)31/h5,7-8,10-11,13-15,34H,6,9,12H2,1-4H3,(H2,29,36)(H,33,37)(H4,30,31,32). The summed E-state index contributed by atoms with van der Waals surface area (Å²) in [7, 11) is -4.36. The van der Waals surface area contributed by atoms with Crippen molar-refractivity contribution >= 4 is 50.8 Å². The Labute approximate surface area is 248 Å². The molecule has 1 unspecified atom stereocenters. The molecule has 42 heavy (non-hydrogen) atoms. The van der Waals surface area contributed by atoms with Crippen LogP contribution in [0.25, 0.3) is 10.4 Å². The highest BCUT2D eigenvalue weighted by atomic mass is 32.2. The van der Waals surface area contributed by atoms with Crippen LogP contribution in [0.2, 0.25) is 0 Å². The van der Waals surface area contributed by atoms with Gasteiger partial charge < -0.3 is 21.5 Å². The van der Waals surface area contributed by atoms with Crippen molar-refractivity contribution < 1.29 is 27.5 Å². The Balaban J connectivity index is 2.00. The maximum atomic E-state index is 13.7. The normalized spacial score (nSPS) is 12.7. The fourth-order valence-corrected chi connectivity index (χ4v) is 7.21. The third kappa shape index (κ3) is 8.38. The predicted octanol–water partition coefficient (Wildman–Crippen LogP) is 3.23. The first-order chi connectivity index (χ1) is 19.6. The lowest BCUT2D eigenvalue weighted by Crippen LogP contribution is -2.63. The smallest absolute Gasteiger partial charge is 0.305 e. The molecule has 12 nitrogen and oxygen atoms in total. The minimum absolute atomic E-state index is 0.00288. The van der Waals surface area contributed by atoms with Crippen LogP contribution < -0.4 is 26.8 Å². The zero-order valence-corrected chi connectivity index (χ0v) is 25.3. The van der Waals surface area contributed by atoms with Crippen molar-refractivity contribution in [1.29, 1.82) is 5.41 Å². The van der Waals surface area contributed by atoms with Crippen LogP contribution in [0.15, 0.2) is 53.4 Å². The molecule has 0 saturated carbocycles. The highest BCUT2D eigenvalue weighted by Crippen LogP contribution is 2.31. The minimum atomic E-state index is -4.36. The lowest BCUT2D eigenvalue weighted by molar-refractivity contribution is -0.162. The summed E-state index contributed by atoms with van der Waals surface area (Å²) >= 11 is 1.11. The molecule has 8 N–H and O–H groups in total. The Kier molecular flexibility index (Phi) is 10.1. The molecule has 0 aliphatic carbocycles. The molecule has 224 valence electrons. The minimum Gasteiger partial charge on any atom is -0.424 e. The molecule has 3 aromatic rings. The van der Waals surface area contributed by atoms with E-state index in [1.54, 1.807) is 56.3 Å². The van der Waals surface area contributed by atoms with E-state index in [1.807, 2.05) is 13.0 Å². The van der Waals surface area contributed by atoms with Crippen LogP contribution in [0.4, 0.5) is 5.69 Å². The average Bonchev–Trinajstić information content (AvgIpc) is 3.32. The second-order valence-corrected chi connectivity index (χ2v) is 12.5. The fourth-order valence-electron chi connectivity index (χ4n) is 4.62. The zero-order valence-electron chi connectivity index (χ0n) is 23.7. The summed E-state index contributed by atoms with van der Waals surface area (Å²) in [5.74, 6) is -4.68. The van der Waals surface area contributed by atoms with Crippen molar-refractivity contribution in [1.82, 2.24) is 10.0 Å². The molecule has 0 aliphatic rings. The third-order valence-electron chi connectivity index (χ3n) is 6.01. The van der Waals surface area contributed by atoms with Gasteiger partial charge in [-0.25, -0.2) is 8.42 Å². The number of aryl methyl sites for hydroxylation is 3. The van der Waals surface area contributed by atoms with E-state index in [4.69, 9.17) is 21.6 Å². The Morgan fingerprint density at radius 1 is 1.02 bits per heavy atom. The predicted molar refractivity (Wildman–Crippen MR) is 161 cm³/mol. The molecule has 0 saturated heterocycles.